The molecule has 2 aromatic rings. The van der Waals surface area contributed by atoms with Crippen molar-refractivity contribution >= 4 is 40.7 Å². The first-order valence-electron chi connectivity index (χ1n) is 10.2. The number of aryl methyl sites for hydroxylation is 1. The van der Waals surface area contributed by atoms with Crippen LogP contribution >= 0.6 is 23.4 Å². The fraction of sp³-hybridized carbons (Fsp3) is 0.360. The van der Waals surface area contributed by atoms with Gasteiger partial charge in [-0.05, 0) is 60.4 Å². The summed E-state index contributed by atoms with van der Waals surface area (Å²) in [6, 6.07) is 13.8. The van der Waals surface area contributed by atoms with Crippen molar-refractivity contribution in [3.05, 3.63) is 69.9 Å². The van der Waals surface area contributed by atoms with E-state index in [0.29, 0.717) is 17.9 Å². The number of rotatable bonds is 3. The van der Waals surface area contributed by atoms with Gasteiger partial charge in [0.1, 0.15) is 0 Å². The maximum Gasteiger partial charge on any atom is 0.232 e. The Morgan fingerprint density at radius 2 is 1.77 bits per heavy atom. The maximum atomic E-state index is 13.5. The van der Waals surface area contributed by atoms with Gasteiger partial charge in [0, 0.05) is 39.9 Å². The zero-order chi connectivity index (χ0) is 21.6. The van der Waals surface area contributed by atoms with Crippen LogP contribution in [0, 0.1) is 12.3 Å². The maximum absolute atomic E-state index is 13.5. The Labute approximate surface area is 187 Å². The molecule has 1 aliphatic carbocycles. The molecule has 1 atom stereocenters. The van der Waals surface area contributed by atoms with E-state index in [1.807, 2.05) is 31.4 Å². The molecular formula is C25H26ClNO2S. The molecule has 0 saturated heterocycles. The van der Waals surface area contributed by atoms with Gasteiger partial charge < -0.3 is 0 Å². The van der Waals surface area contributed by atoms with Crippen molar-refractivity contribution in [1.82, 2.24) is 0 Å². The number of Topliss-reactive ketones (excluding diaryl/α,β-unsaturated/α-hetero) is 1. The molecule has 1 unspecified atom stereocenters. The molecule has 4 rings (SSSR count). The summed E-state index contributed by atoms with van der Waals surface area (Å²) >= 11 is 7.96. The smallest absolute Gasteiger partial charge is 0.232 e. The zero-order valence-corrected chi connectivity index (χ0v) is 19.4. The van der Waals surface area contributed by atoms with Crippen molar-refractivity contribution in [2.24, 2.45) is 5.41 Å². The summed E-state index contributed by atoms with van der Waals surface area (Å²) in [5, 5.41) is 0.585. The first-order chi connectivity index (χ1) is 14.2. The SMILES string of the molecule is CSc1ccc(C2CC(=O)N(c3cc(Cl)ccc3C)C3=C2C(=O)CC(C)(C)C3)cc1. The predicted octanol–water partition coefficient (Wildman–Crippen LogP) is 6.53. The molecule has 0 saturated carbocycles. The fourth-order valence-corrected chi connectivity index (χ4v) is 5.21. The Hall–Kier alpha value is -2.04. The highest BCUT2D eigenvalue weighted by atomic mass is 35.5. The van der Waals surface area contributed by atoms with Gasteiger partial charge in [-0.15, -0.1) is 11.8 Å². The highest BCUT2D eigenvalue weighted by Gasteiger charge is 2.44. The Morgan fingerprint density at radius 3 is 2.43 bits per heavy atom. The number of anilines is 1. The normalized spacial score (nSPS) is 21.1. The second kappa shape index (κ2) is 7.90. The number of thioether (sulfide) groups is 1. The summed E-state index contributed by atoms with van der Waals surface area (Å²) in [6.45, 7) is 6.17. The Morgan fingerprint density at radius 1 is 1.07 bits per heavy atom. The first kappa shape index (κ1) is 21.2. The minimum atomic E-state index is -0.192. The second-order valence-electron chi connectivity index (χ2n) is 8.99. The molecule has 5 heteroatoms. The average Bonchev–Trinajstić information content (AvgIpc) is 2.68. The topological polar surface area (TPSA) is 37.4 Å². The standard InChI is InChI=1S/C25H26ClNO2S/c1-15-5-8-17(26)11-20(15)27-21-13-25(2,3)14-22(28)24(21)19(12-23(27)29)16-6-9-18(30-4)10-7-16/h5-11,19H,12-14H2,1-4H3. The predicted molar refractivity (Wildman–Crippen MR) is 124 cm³/mol. The van der Waals surface area contributed by atoms with Gasteiger partial charge in [0.05, 0.1) is 5.69 Å². The molecule has 3 nitrogen and oxygen atoms in total. The van der Waals surface area contributed by atoms with Gasteiger partial charge in [-0.3, -0.25) is 14.5 Å². The number of hydrogen-bond acceptors (Lipinski definition) is 3. The highest BCUT2D eigenvalue weighted by Crippen LogP contribution is 2.48. The molecule has 1 amide bonds. The van der Waals surface area contributed by atoms with Crippen LogP contribution in [-0.2, 0) is 9.59 Å². The van der Waals surface area contributed by atoms with E-state index in [4.69, 9.17) is 11.6 Å². The minimum absolute atomic E-state index is 0.0172. The van der Waals surface area contributed by atoms with E-state index >= 15 is 0 Å². The number of carbonyl (C=O) groups excluding carboxylic acids is 2. The van der Waals surface area contributed by atoms with Gasteiger partial charge in [0.25, 0.3) is 0 Å². The second-order valence-corrected chi connectivity index (χ2v) is 10.3. The van der Waals surface area contributed by atoms with Crippen LogP contribution in [0.5, 0.6) is 0 Å². The highest BCUT2D eigenvalue weighted by molar-refractivity contribution is 7.98. The van der Waals surface area contributed by atoms with Crippen molar-refractivity contribution in [1.29, 1.82) is 0 Å². The number of benzene rings is 2. The number of amides is 1. The van der Waals surface area contributed by atoms with E-state index < -0.39 is 0 Å². The fourth-order valence-electron chi connectivity index (χ4n) is 4.64. The van der Waals surface area contributed by atoms with Gasteiger partial charge in [0.15, 0.2) is 5.78 Å². The molecule has 1 aliphatic heterocycles. The Bertz CT molecular complexity index is 1060. The molecule has 1 heterocycles. The molecule has 0 radical (unpaired) electrons. The van der Waals surface area contributed by atoms with Crippen molar-refractivity contribution in [2.75, 3.05) is 11.2 Å². The number of allylic oxidation sites excluding steroid dienone is 2. The third-order valence-corrected chi connectivity index (χ3v) is 7.05. The van der Waals surface area contributed by atoms with Crippen LogP contribution in [-0.4, -0.2) is 17.9 Å². The lowest BCUT2D eigenvalue weighted by Gasteiger charge is -2.43. The molecule has 0 bridgehead atoms. The summed E-state index contributed by atoms with van der Waals surface area (Å²) in [5.41, 5.74) is 4.23. The number of carbonyl (C=O) groups is 2. The first-order valence-corrected chi connectivity index (χ1v) is 11.8. The number of hydrogen-bond donors (Lipinski definition) is 0. The van der Waals surface area contributed by atoms with Crippen LogP contribution in [0.25, 0.3) is 0 Å². The summed E-state index contributed by atoms with van der Waals surface area (Å²) in [5.74, 6) is -0.0244. The van der Waals surface area contributed by atoms with Crippen LogP contribution in [0.2, 0.25) is 5.02 Å². The largest absolute Gasteiger partial charge is 0.294 e. The average molecular weight is 440 g/mol. The Balaban J connectivity index is 1.90. The van der Waals surface area contributed by atoms with Crippen LogP contribution in [0.15, 0.2) is 58.6 Å². The molecule has 0 N–H and O–H groups in total. The van der Waals surface area contributed by atoms with E-state index in [1.165, 1.54) is 4.90 Å². The van der Waals surface area contributed by atoms with Crippen LogP contribution in [0.3, 0.4) is 0 Å². The Kier molecular flexibility index (Phi) is 5.58. The van der Waals surface area contributed by atoms with Gasteiger partial charge >= 0.3 is 0 Å². The van der Waals surface area contributed by atoms with E-state index in [1.54, 1.807) is 16.7 Å². The molecular weight excluding hydrogens is 414 g/mol. The van der Waals surface area contributed by atoms with Crippen LogP contribution in [0.1, 0.15) is 50.2 Å². The van der Waals surface area contributed by atoms with E-state index in [2.05, 4.69) is 38.1 Å². The molecule has 30 heavy (non-hydrogen) atoms. The lowest BCUT2D eigenvalue weighted by molar-refractivity contribution is -0.121. The number of halogens is 1. The van der Waals surface area contributed by atoms with E-state index in [-0.39, 0.29) is 29.4 Å². The lowest BCUT2D eigenvalue weighted by atomic mass is 9.69. The molecule has 156 valence electrons. The van der Waals surface area contributed by atoms with E-state index in [9.17, 15) is 9.59 Å². The van der Waals surface area contributed by atoms with Crippen molar-refractivity contribution in [2.45, 2.75) is 50.8 Å². The molecule has 2 aromatic carbocycles. The van der Waals surface area contributed by atoms with Crippen molar-refractivity contribution in [3.63, 3.8) is 0 Å². The van der Waals surface area contributed by atoms with Crippen LogP contribution in [0.4, 0.5) is 5.69 Å². The monoisotopic (exact) mass is 439 g/mol. The van der Waals surface area contributed by atoms with Crippen molar-refractivity contribution < 1.29 is 9.59 Å². The molecule has 0 spiro atoms. The summed E-state index contributed by atoms with van der Waals surface area (Å²) in [7, 11) is 0. The van der Waals surface area contributed by atoms with Gasteiger partial charge in [-0.2, -0.15) is 0 Å². The minimum Gasteiger partial charge on any atom is -0.294 e. The van der Waals surface area contributed by atoms with Gasteiger partial charge in [-0.1, -0.05) is 43.6 Å². The van der Waals surface area contributed by atoms with Crippen molar-refractivity contribution in [3.8, 4) is 0 Å². The third kappa shape index (κ3) is 3.83. The lowest BCUT2D eigenvalue weighted by Crippen LogP contribution is -2.44. The summed E-state index contributed by atoms with van der Waals surface area (Å²) in [4.78, 5) is 29.8. The zero-order valence-electron chi connectivity index (χ0n) is 17.8. The van der Waals surface area contributed by atoms with Crippen LogP contribution < -0.4 is 4.90 Å². The third-order valence-electron chi connectivity index (χ3n) is 6.07. The number of nitrogens with zero attached hydrogens (tertiary/aromatic N) is 1. The molecule has 0 fully saturated rings. The number of ketones is 1. The molecule has 2 aliphatic rings. The quantitative estimate of drug-likeness (QED) is 0.510. The summed E-state index contributed by atoms with van der Waals surface area (Å²) < 4.78 is 0. The van der Waals surface area contributed by atoms with Gasteiger partial charge in [0.2, 0.25) is 5.91 Å². The summed E-state index contributed by atoms with van der Waals surface area (Å²) in [6.07, 6.45) is 3.51. The van der Waals surface area contributed by atoms with Gasteiger partial charge in [-0.25, -0.2) is 0 Å². The molecule has 0 aromatic heterocycles. The van der Waals surface area contributed by atoms with E-state index in [0.717, 1.165) is 28.1 Å².